The fourth-order valence-electron chi connectivity index (χ4n) is 1.13. The quantitative estimate of drug-likeness (QED) is 0.920. The lowest BCUT2D eigenvalue weighted by Crippen LogP contribution is -1.92. The van der Waals surface area contributed by atoms with E-state index in [9.17, 15) is 5.11 Å². The zero-order chi connectivity index (χ0) is 10.1. The average Bonchev–Trinajstić information content (AvgIpc) is 2.76. The van der Waals surface area contributed by atoms with Crippen LogP contribution in [-0.4, -0.2) is 9.48 Å². The summed E-state index contributed by atoms with van der Waals surface area (Å²) in [5.74, 6) is 0. The largest absolute Gasteiger partial charge is 0.382 e. The molecular formula is C9H8BrNOS2. The Morgan fingerprint density at radius 2 is 2.29 bits per heavy atom. The van der Waals surface area contributed by atoms with Crippen molar-refractivity contribution in [3.8, 4) is 0 Å². The molecule has 0 aliphatic carbocycles. The minimum Gasteiger partial charge on any atom is -0.382 e. The highest BCUT2D eigenvalue weighted by molar-refractivity contribution is 9.11. The van der Waals surface area contributed by atoms with Gasteiger partial charge in [-0.2, -0.15) is 0 Å². The summed E-state index contributed by atoms with van der Waals surface area (Å²) >= 11 is 6.34. The lowest BCUT2D eigenvalue weighted by atomic mass is 10.2. The Labute approximate surface area is 98.5 Å². The van der Waals surface area contributed by atoms with Crippen molar-refractivity contribution in [2.75, 3.05) is 0 Å². The van der Waals surface area contributed by atoms with Crippen molar-refractivity contribution in [2.24, 2.45) is 0 Å². The maximum absolute atomic E-state index is 9.98. The van der Waals surface area contributed by atoms with Gasteiger partial charge in [-0.3, -0.25) is 0 Å². The highest BCUT2D eigenvalue weighted by Crippen LogP contribution is 2.34. The predicted octanol–water partition coefficient (Wildman–Crippen LogP) is 3.36. The molecule has 0 aliphatic heterocycles. The molecule has 14 heavy (non-hydrogen) atoms. The number of aliphatic hydroxyl groups excluding tert-OH is 1. The van der Waals surface area contributed by atoms with E-state index >= 15 is 0 Å². The maximum atomic E-state index is 9.98. The van der Waals surface area contributed by atoms with Crippen molar-refractivity contribution in [3.05, 3.63) is 37.4 Å². The molecule has 1 atom stereocenters. The van der Waals surface area contributed by atoms with Crippen LogP contribution in [0.3, 0.4) is 0 Å². The van der Waals surface area contributed by atoms with Gasteiger partial charge in [-0.15, -0.1) is 11.3 Å². The SMILES string of the molecule is Cc1cc(C(O)c2ccns2)sc1Br. The van der Waals surface area contributed by atoms with Gasteiger partial charge in [-0.25, -0.2) is 4.37 Å². The van der Waals surface area contributed by atoms with Crippen LogP contribution in [0.25, 0.3) is 0 Å². The van der Waals surface area contributed by atoms with Crippen molar-refractivity contribution in [1.82, 2.24) is 4.37 Å². The Hall–Kier alpha value is -0.230. The van der Waals surface area contributed by atoms with Crippen molar-refractivity contribution in [2.45, 2.75) is 13.0 Å². The Bertz CT molecular complexity index is 404. The van der Waals surface area contributed by atoms with Gasteiger partial charge in [-0.05, 0) is 52.1 Å². The first-order valence-corrected chi connectivity index (χ1v) is 6.41. The second-order valence-corrected chi connectivity index (χ2v) is 6.19. The van der Waals surface area contributed by atoms with Gasteiger partial charge < -0.3 is 5.11 Å². The second-order valence-electron chi connectivity index (χ2n) is 2.92. The topological polar surface area (TPSA) is 33.1 Å². The maximum Gasteiger partial charge on any atom is 0.124 e. The summed E-state index contributed by atoms with van der Waals surface area (Å²) in [7, 11) is 0. The molecule has 0 radical (unpaired) electrons. The van der Waals surface area contributed by atoms with E-state index in [2.05, 4.69) is 20.3 Å². The first-order chi connectivity index (χ1) is 6.68. The second kappa shape index (κ2) is 4.10. The van der Waals surface area contributed by atoms with Gasteiger partial charge in [0.25, 0.3) is 0 Å². The Morgan fingerprint density at radius 1 is 1.50 bits per heavy atom. The number of nitrogens with zero attached hydrogens (tertiary/aromatic N) is 1. The van der Waals surface area contributed by atoms with Gasteiger partial charge in [0.1, 0.15) is 6.10 Å². The third-order valence-electron chi connectivity index (χ3n) is 1.87. The number of rotatable bonds is 2. The Balaban J connectivity index is 2.32. The number of aliphatic hydroxyl groups is 1. The van der Waals surface area contributed by atoms with Crippen LogP contribution in [0.1, 0.15) is 21.4 Å². The molecule has 0 spiro atoms. The summed E-state index contributed by atoms with van der Waals surface area (Å²) in [6, 6.07) is 3.84. The zero-order valence-electron chi connectivity index (χ0n) is 7.40. The monoisotopic (exact) mass is 289 g/mol. The molecule has 0 amide bonds. The van der Waals surface area contributed by atoms with E-state index in [0.29, 0.717) is 0 Å². The van der Waals surface area contributed by atoms with Crippen molar-refractivity contribution in [1.29, 1.82) is 0 Å². The van der Waals surface area contributed by atoms with E-state index in [1.165, 1.54) is 11.5 Å². The van der Waals surface area contributed by atoms with Crippen molar-refractivity contribution >= 4 is 38.8 Å². The van der Waals surface area contributed by atoms with Gasteiger partial charge in [0.2, 0.25) is 0 Å². The number of aromatic nitrogens is 1. The third kappa shape index (κ3) is 1.91. The van der Waals surface area contributed by atoms with E-state index in [1.807, 2.05) is 19.1 Å². The summed E-state index contributed by atoms with van der Waals surface area (Å²) in [5, 5.41) is 9.98. The molecule has 0 aliphatic rings. The molecule has 2 rings (SSSR count). The normalized spacial score (nSPS) is 13.1. The van der Waals surface area contributed by atoms with Crippen LogP contribution in [0, 0.1) is 6.92 Å². The molecule has 2 nitrogen and oxygen atoms in total. The summed E-state index contributed by atoms with van der Waals surface area (Å²) in [6.45, 7) is 2.02. The van der Waals surface area contributed by atoms with E-state index in [-0.39, 0.29) is 0 Å². The van der Waals surface area contributed by atoms with E-state index in [1.54, 1.807) is 17.5 Å². The highest BCUT2D eigenvalue weighted by Gasteiger charge is 2.15. The number of hydrogen-bond acceptors (Lipinski definition) is 4. The van der Waals surface area contributed by atoms with E-state index in [4.69, 9.17) is 0 Å². The molecule has 2 aromatic heterocycles. The molecule has 0 bridgehead atoms. The Morgan fingerprint density at radius 3 is 2.79 bits per heavy atom. The highest BCUT2D eigenvalue weighted by atomic mass is 79.9. The van der Waals surface area contributed by atoms with Gasteiger partial charge in [0, 0.05) is 11.1 Å². The summed E-state index contributed by atoms with van der Waals surface area (Å²) in [6.07, 6.45) is 1.18. The van der Waals surface area contributed by atoms with Crippen LogP contribution in [0.4, 0.5) is 0 Å². The summed E-state index contributed by atoms with van der Waals surface area (Å²) in [5.41, 5.74) is 1.16. The first kappa shape index (κ1) is 10.3. The van der Waals surface area contributed by atoms with Crippen LogP contribution in [-0.2, 0) is 0 Å². The third-order valence-corrected chi connectivity index (χ3v) is 4.86. The van der Waals surface area contributed by atoms with Crippen LogP contribution < -0.4 is 0 Å². The molecule has 74 valence electrons. The minimum atomic E-state index is -0.530. The van der Waals surface area contributed by atoms with Crippen LogP contribution in [0.2, 0.25) is 0 Å². The smallest absolute Gasteiger partial charge is 0.124 e. The zero-order valence-corrected chi connectivity index (χ0v) is 10.6. The summed E-state index contributed by atoms with van der Waals surface area (Å²) in [4.78, 5) is 1.84. The predicted molar refractivity (Wildman–Crippen MR) is 62.9 cm³/mol. The Kier molecular flexibility index (Phi) is 3.02. The molecule has 2 aromatic rings. The fourth-order valence-corrected chi connectivity index (χ4v) is 3.37. The first-order valence-electron chi connectivity index (χ1n) is 4.03. The summed E-state index contributed by atoms with van der Waals surface area (Å²) < 4.78 is 5.05. The molecule has 1 unspecified atom stereocenters. The molecule has 0 aromatic carbocycles. The number of halogens is 1. The lowest BCUT2D eigenvalue weighted by Gasteiger charge is -2.03. The fraction of sp³-hybridized carbons (Fsp3) is 0.222. The molecule has 5 heteroatoms. The number of aryl methyl sites for hydroxylation is 1. The van der Waals surface area contributed by atoms with Crippen LogP contribution in [0.5, 0.6) is 0 Å². The van der Waals surface area contributed by atoms with E-state index < -0.39 is 6.10 Å². The van der Waals surface area contributed by atoms with Crippen LogP contribution in [0.15, 0.2) is 22.1 Å². The molecule has 0 saturated heterocycles. The van der Waals surface area contributed by atoms with Crippen molar-refractivity contribution in [3.63, 3.8) is 0 Å². The van der Waals surface area contributed by atoms with Gasteiger partial charge in [-0.1, -0.05) is 0 Å². The molecular weight excluding hydrogens is 282 g/mol. The molecule has 1 N–H and O–H groups in total. The number of hydrogen-bond donors (Lipinski definition) is 1. The van der Waals surface area contributed by atoms with Crippen molar-refractivity contribution < 1.29 is 5.11 Å². The average molecular weight is 290 g/mol. The van der Waals surface area contributed by atoms with E-state index in [0.717, 1.165) is 19.1 Å². The number of thiophene rings is 1. The lowest BCUT2D eigenvalue weighted by molar-refractivity contribution is 0.228. The van der Waals surface area contributed by atoms with Gasteiger partial charge in [0.05, 0.1) is 8.66 Å². The molecule has 0 fully saturated rings. The standard InChI is InChI=1S/C9H8BrNOS2/c1-5-4-7(13-9(5)10)8(12)6-2-3-11-14-6/h2-4,8,12H,1H3. The van der Waals surface area contributed by atoms with Gasteiger partial charge in [0.15, 0.2) is 0 Å². The minimum absolute atomic E-state index is 0.530. The van der Waals surface area contributed by atoms with Gasteiger partial charge >= 0.3 is 0 Å². The molecule has 0 saturated carbocycles. The van der Waals surface area contributed by atoms with Crippen LogP contribution >= 0.6 is 38.8 Å². The molecule has 2 heterocycles.